The van der Waals surface area contributed by atoms with Crippen molar-refractivity contribution < 1.29 is 13.6 Å². The quantitative estimate of drug-likeness (QED) is 0.544. The first-order chi connectivity index (χ1) is 13.2. The molecule has 0 saturated heterocycles. The first-order valence-corrected chi connectivity index (χ1v) is 9.03. The number of aromatic nitrogens is 1. The highest BCUT2D eigenvalue weighted by molar-refractivity contribution is 5.55. The van der Waals surface area contributed by atoms with Crippen molar-refractivity contribution in [3.63, 3.8) is 0 Å². The van der Waals surface area contributed by atoms with Gasteiger partial charge in [-0.25, -0.2) is 4.98 Å². The molecule has 0 spiro atoms. The summed E-state index contributed by atoms with van der Waals surface area (Å²) >= 11 is 0. The van der Waals surface area contributed by atoms with Crippen LogP contribution in [0.1, 0.15) is 31.1 Å². The molecule has 0 aliphatic heterocycles. The zero-order valence-electron chi connectivity index (χ0n) is 16.0. The molecule has 0 atom stereocenters. The van der Waals surface area contributed by atoms with Gasteiger partial charge in [-0.2, -0.15) is 0 Å². The standard InChI is InChI=1S/C22H24N2O3/c1-4-6-13-24(15-20-8-7-14-26-20)16-21-17(3)27-22(23-21)18-9-11-19(12-10-18)25-5-2/h7-12,14H,5,13,15-16H2,1-3H3. The summed E-state index contributed by atoms with van der Waals surface area (Å²) in [7, 11) is 0. The molecule has 0 unspecified atom stereocenters. The molecule has 0 bridgehead atoms. The summed E-state index contributed by atoms with van der Waals surface area (Å²) < 4.78 is 16.9. The molecule has 3 aromatic rings. The van der Waals surface area contributed by atoms with Crippen LogP contribution in [0.25, 0.3) is 11.5 Å². The average molecular weight is 364 g/mol. The van der Waals surface area contributed by atoms with E-state index in [4.69, 9.17) is 18.6 Å². The molecule has 5 heteroatoms. The number of aryl methyl sites for hydroxylation is 1. The second kappa shape index (κ2) is 9.11. The van der Waals surface area contributed by atoms with Gasteiger partial charge in [0.25, 0.3) is 0 Å². The summed E-state index contributed by atoms with van der Waals surface area (Å²) in [4.78, 5) is 6.89. The molecule has 0 fully saturated rings. The fourth-order valence-electron chi connectivity index (χ4n) is 2.75. The van der Waals surface area contributed by atoms with Gasteiger partial charge in [0.1, 0.15) is 17.3 Å². The summed E-state index contributed by atoms with van der Waals surface area (Å²) in [6.45, 7) is 8.35. The zero-order valence-corrected chi connectivity index (χ0v) is 16.0. The van der Waals surface area contributed by atoms with E-state index >= 15 is 0 Å². The largest absolute Gasteiger partial charge is 0.494 e. The Bertz CT molecular complexity index is 899. The maximum atomic E-state index is 5.90. The Labute approximate surface area is 160 Å². The lowest BCUT2D eigenvalue weighted by Crippen LogP contribution is -2.23. The van der Waals surface area contributed by atoms with Crippen LogP contribution in [0.4, 0.5) is 0 Å². The van der Waals surface area contributed by atoms with Crippen LogP contribution in [-0.2, 0) is 13.1 Å². The number of oxazole rings is 1. The highest BCUT2D eigenvalue weighted by Gasteiger charge is 2.16. The Balaban J connectivity index is 1.75. The molecular formula is C22H24N2O3. The third-order valence-corrected chi connectivity index (χ3v) is 4.12. The van der Waals surface area contributed by atoms with Crippen molar-refractivity contribution in [3.8, 4) is 29.0 Å². The van der Waals surface area contributed by atoms with E-state index in [1.54, 1.807) is 6.26 Å². The molecular weight excluding hydrogens is 340 g/mol. The minimum absolute atomic E-state index is 0.616. The molecule has 5 nitrogen and oxygen atoms in total. The number of furan rings is 1. The van der Waals surface area contributed by atoms with Crippen LogP contribution in [0.5, 0.6) is 5.75 Å². The normalized spacial score (nSPS) is 10.7. The van der Waals surface area contributed by atoms with E-state index in [0.717, 1.165) is 28.5 Å². The first kappa shape index (κ1) is 18.8. The molecule has 140 valence electrons. The molecule has 3 rings (SSSR count). The lowest BCUT2D eigenvalue weighted by atomic mass is 10.2. The van der Waals surface area contributed by atoms with Gasteiger partial charge in [0, 0.05) is 12.1 Å². The molecule has 0 aliphatic carbocycles. The van der Waals surface area contributed by atoms with E-state index < -0.39 is 0 Å². The van der Waals surface area contributed by atoms with Crippen molar-refractivity contribution in [3.05, 3.63) is 59.9 Å². The van der Waals surface area contributed by atoms with E-state index in [-0.39, 0.29) is 0 Å². The van der Waals surface area contributed by atoms with Gasteiger partial charge in [0.2, 0.25) is 5.89 Å². The minimum Gasteiger partial charge on any atom is -0.494 e. The van der Waals surface area contributed by atoms with Gasteiger partial charge in [-0.15, -0.1) is 5.92 Å². The van der Waals surface area contributed by atoms with Crippen molar-refractivity contribution in [2.45, 2.75) is 33.9 Å². The van der Waals surface area contributed by atoms with Crippen molar-refractivity contribution in [1.82, 2.24) is 9.88 Å². The number of nitrogens with zero attached hydrogens (tertiary/aromatic N) is 2. The van der Waals surface area contributed by atoms with Crippen LogP contribution in [0.15, 0.2) is 51.5 Å². The zero-order chi connectivity index (χ0) is 19.1. The van der Waals surface area contributed by atoms with Gasteiger partial charge in [-0.3, -0.25) is 4.90 Å². The Hall–Kier alpha value is -2.97. The van der Waals surface area contributed by atoms with E-state index in [9.17, 15) is 0 Å². The van der Waals surface area contributed by atoms with E-state index in [1.807, 2.05) is 57.2 Å². The second-order valence-corrected chi connectivity index (χ2v) is 6.13. The summed E-state index contributed by atoms with van der Waals surface area (Å²) in [5.74, 6) is 9.24. The SMILES string of the molecule is CC#CCN(Cc1ccco1)Cc1nc(-c2ccc(OCC)cc2)oc1C. The average Bonchev–Trinajstić information content (AvgIpc) is 3.31. The molecule has 0 radical (unpaired) electrons. The van der Waals surface area contributed by atoms with Gasteiger partial charge in [-0.05, 0) is 57.2 Å². The predicted molar refractivity (Wildman–Crippen MR) is 104 cm³/mol. The highest BCUT2D eigenvalue weighted by atomic mass is 16.5. The lowest BCUT2D eigenvalue weighted by Gasteiger charge is -2.17. The Kier molecular flexibility index (Phi) is 6.35. The monoisotopic (exact) mass is 364 g/mol. The third kappa shape index (κ3) is 5.02. The second-order valence-electron chi connectivity index (χ2n) is 6.13. The number of benzene rings is 1. The van der Waals surface area contributed by atoms with Crippen molar-refractivity contribution in [2.75, 3.05) is 13.2 Å². The minimum atomic E-state index is 0.616. The molecule has 0 aliphatic rings. The lowest BCUT2D eigenvalue weighted by molar-refractivity contribution is 0.260. The molecule has 0 amide bonds. The summed E-state index contributed by atoms with van der Waals surface area (Å²) in [5, 5.41) is 0. The number of hydrogen-bond acceptors (Lipinski definition) is 5. The topological polar surface area (TPSA) is 51.6 Å². The molecule has 1 aromatic carbocycles. The van der Waals surface area contributed by atoms with Crippen LogP contribution in [-0.4, -0.2) is 23.0 Å². The summed E-state index contributed by atoms with van der Waals surface area (Å²) in [6, 6.07) is 11.6. The Morgan fingerprint density at radius 1 is 1.15 bits per heavy atom. The highest BCUT2D eigenvalue weighted by Crippen LogP contribution is 2.25. The first-order valence-electron chi connectivity index (χ1n) is 9.03. The fraction of sp³-hybridized carbons (Fsp3) is 0.318. The third-order valence-electron chi connectivity index (χ3n) is 4.12. The Morgan fingerprint density at radius 3 is 2.63 bits per heavy atom. The number of hydrogen-bond donors (Lipinski definition) is 0. The summed E-state index contributed by atoms with van der Waals surface area (Å²) in [6.07, 6.45) is 1.68. The van der Waals surface area contributed by atoms with Crippen LogP contribution in [0.2, 0.25) is 0 Å². The van der Waals surface area contributed by atoms with E-state index in [2.05, 4.69) is 16.7 Å². The van der Waals surface area contributed by atoms with Crippen LogP contribution >= 0.6 is 0 Å². The van der Waals surface area contributed by atoms with Crippen molar-refractivity contribution in [2.24, 2.45) is 0 Å². The van der Waals surface area contributed by atoms with Crippen LogP contribution in [0, 0.1) is 18.8 Å². The van der Waals surface area contributed by atoms with Crippen LogP contribution in [0.3, 0.4) is 0 Å². The van der Waals surface area contributed by atoms with Gasteiger partial charge in [-0.1, -0.05) is 5.92 Å². The predicted octanol–water partition coefficient (Wildman–Crippen LogP) is 4.67. The van der Waals surface area contributed by atoms with Crippen molar-refractivity contribution >= 4 is 0 Å². The van der Waals surface area contributed by atoms with Gasteiger partial charge < -0.3 is 13.6 Å². The summed E-state index contributed by atoms with van der Waals surface area (Å²) in [5.41, 5.74) is 1.84. The van der Waals surface area contributed by atoms with Gasteiger partial charge in [0.05, 0.1) is 31.7 Å². The molecule has 2 heterocycles. The maximum absolute atomic E-state index is 5.90. The maximum Gasteiger partial charge on any atom is 0.226 e. The molecule has 2 aromatic heterocycles. The Morgan fingerprint density at radius 2 is 1.96 bits per heavy atom. The van der Waals surface area contributed by atoms with Gasteiger partial charge >= 0.3 is 0 Å². The van der Waals surface area contributed by atoms with E-state index in [0.29, 0.717) is 32.1 Å². The van der Waals surface area contributed by atoms with Gasteiger partial charge in [0.15, 0.2) is 0 Å². The fourth-order valence-corrected chi connectivity index (χ4v) is 2.75. The van der Waals surface area contributed by atoms with Crippen LogP contribution < -0.4 is 4.74 Å². The molecule has 0 saturated carbocycles. The number of rotatable bonds is 8. The molecule has 27 heavy (non-hydrogen) atoms. The van der Waals surface area contributed by atoms with Crippen molar-refractivity contribution in [1.29, 1.82) is 0 Å². The smallest absolute Gasteiger partial charge is 0.226 e. The van der Waals surface area contributed by atoms with E-state index in [1.165, 1.54) is 0 Å². The molecule has 0 N–H and O–H groups in total. The number of ether oxygens (including phenoxy) is 1.